The highest BCUT2D eigenvalue weighted by Gasteiger charge is 2.28. The molecule has 5 heteroatoms. The molecule has 1 saturated heterocycles. The number of piperidine rings is 1. The molecule has 0 bridgehead atoms. The van der Waals surface area contributed by atoms with Crippen molar-refractivity contribution in [2.45, 2.75) is 44.8 Å². The molecule has 1 unspecified atom stereocenters. The van der Waals surface area contributed by atoms with Gasteiger partial charge in [-0.3, -0.25) is 14.5 Å². The van der Waals surface area contributed by atoms with Gasteiger partial charge in [0.1, 0.15) is 12.6 Å². The molecule has 2 rings (SSSR count). The second-order valence-electron chi connectivity index (χ2n) is 5.64. The van der Waals surface area contributed by atoms with Gasteiger partial charge in [0.2, 0.25) is 0 Å². The lowest BCUT2D eigenvalue weighted by Gasteiger charge is -2.32. The van der Waals surface area contributed by atoms with E-state index in [0.717, 1.165) is 31.5 Å². The summed E-state index contributed by atoms with van der Waals surface area (Å²) in [7, 11) is 0. The Bertz CT molecular complexity index is 483. The van der Waals surface area contributed by atoms with Gasteiger partial charge in [0, 0.05) is 6.42 Å². The average molecular weight is 305 g/mol. The minimum Gasteiger partial charge on any atom is -0.481 e. The third-order valence-corrected chi connectivity index (χ3v) is 3.96. The highest BCUT2D eigenvalue weighted by atomic mass is 16.5. The van der Waals surface area contributed by atoms with E-state index in [2.05, 4.69) is 4.90 Å². The van der Waals surface area contributed by atoms with E-state index < -0.39 is 12.0 Å². The number of hydrogen-bond donors (Lipinski definition) is 1. The van der Waals surface area contributed by atoms with Gasteiger partial charge in [-0.05, 0) is 37.9 Å². The number of nitrogens with zero attached hydrogens (tertiary/aromatic N) is 1. The Balaban J connectivity index is 1.93. The van der Waals surface area contributed by atoms with Crippen LogP contribution in [0.5, 0.6) is 0 Å². The van der Waals surface area contributed by atoms with Crippen molar-refractivity contribution in [2.24, 2.45) is 0 Å². The number of carboxylic acid groups (broad SMARTS) is 1. The predicted octanol–water partition coefficient (Wildman–Crippen LogP) is 2.45. The van der Waals surface area contributed by atoms with Crippen LogP contribution in [0, 0.1) is 0 Å². The molecule has 120 valence electrons. The van der Waals surface area contributed by atoms with Gasteiger partial charge in [0.05, 0.1) is 0 Å². The molecular formula is C17H23NO4. The van der Waals surface area contributed by atoms with Crippen molar-refractivity contribution in [1.82, 2.24) is 4.90 Å². The third kappa shape index (κ3) is 5.15. The molecule has 0 amide bonds. The molecule has 1 aromatic carbocycles. The molecule has 1 atom stereocenters. The summed E-state index contributed by atoms with van der Waals surface area (Å²) >= 11 is 0. The second-order valence-corrected chi connectivity index (χ2v) is 5.64. The number of carbonyl (C=O) groups excluding carboxylic acids is 1. The maximum Gasteiger partial charge on any atom is 0.323 e. The van der Waals surface area contributed by atoms with Crippen LogP contribution in [0.3, 0.4) is 0 Å². The van der Waals surface area contributed by atoms with Crippen molar-refractivity contribution < 1.29 is 19.4 Å². The molecule has 1 N–H and O–H groups in total. The van der Waals surface area contributed by atoms with E-state index in [9.17, 15) is 9.59 Å². The summed E-state index contributed by atoms with van der Waals surface area (Å²) in [5.74, 6) is -1.19. The van der Waals surface area contributed by atoms with E-state index in [1.165, 1.54) is 6.42 Å². The molecule has 0 spiro atoms. The van der Waals surface area contributed by atoms with Crippen molar-refractivity contribution in [2.75, 3.05) is 13.1 Å². The Labute approximate surface area is 130 Å². The Hall–Kier alpha value is -1.88. The smallest absolute Gasteiger partial charge is 0.323 e. The fraction of sp³-hybridized carbons (Fsp3) is 0.529. The summed E-state index contributed by atoms with van der Waals surface area (Å²) in [5, 5.41) is 8.88. The number of esters is 1. The maximum absolute atomic E-state index is 12.4. The van der Waals surface area contributed by atoms with Crippen molar-refractivity contribution in [3.8, 4) is 0 Å². The molecule has 0 aromatic heterocycles. The van der Waals surface area contributed by atoms with E-state index in [1.54, 1.807) is 0 Å². The van der Waals surface area contributed by atoms with Crippen LogP contribution in [0.25, 0.3) is 0 Å². The van der Waals surface area contributed by atoms with Crippen LogP contribution in [0.1, 0.15) is 37.7 Å². The van der Waals surface area contributed by atoms with E-state index in [4.69, 9.17) is 9.84 Å². The Morgan fingerprint density at radius 2 is 1.82 bits per heavy atom. The number of carboxylic acids is 1. The van der Waals surface area contributed by atoms with Crippen LogP contribution >= 0.6 is 0 Å². The normalized spacial score (nSPS) is 16.9. The highest BCUT2D eigenvalue weighted by molar-refractivity contribution is 5.77. The second kappa shape index (κ2) is 8.54. The molecule has 0 aliphatic carbocycles. The van der Waals surface area contributed by atoms with Gasteiger partial charge in [0.15, 0.2) is 0 Å². The molecule has 1 aliphatic rings. The molecule has 5 nitrogen and oxygen atoms in total. The zero-order valence-electron chi connectivity index (χ0n) is 12.7. The van der Waals surface area contributed by atoms with Gasteiger partial charge < -0.3 is 9.84 Å². The van der Waals surface area contributed by atoms with Gasteiger partial charge in [-0.15, -0.1) is 0 Å². The van der Waals surface area contributed by atoms with Crippen molar-refractivity contribution in [3.63, 3.8) is 0 Å². The number of likely N-dealkylation sites (tertiary alicyclic amines) is 1. The standard InChI is InChI=1S/C17H23NO4/c19-16(20)10-9-15(18-11-5-2-6-12-18)17(21)22-13-14-7-3-1-4-8-14/h1,3-4,7-8,15H,2,5-6,9-13H2,(H,19,20). The van der Waals surface area contributed by atoms with Crippen LogP contribution in [-0.4, -0.2) is 41.1 Å². The monoisotopic (exact) mass is 305 g/mol. The van der Waals surface area contributed by atoms with Gasteiger partial charge in [-0.25, -0.2) is 0 Å². The van der Waals surface area contributed by atoms with Crippen LogP contribution < -0.4 is 0 Å². The molecule has 22 heavy (non-hydrogen) atoms. The molecule has 0 radical (unpaired) electrons. The minimum atomic E-state index is -0.877. The first kappa shape index (κ1) is 16.5. The number of ether oxygens (including phenoxy) is 1. The highest BCUT2D eigenvalue weighted by Crippen LogP contribution is 2.17. The quantitative estimate of drug-likeness (QED) is 0.784. The molecule has 1 fully saturated rings. The number of hydrogen-bond acceptors (Lipinski definition) is 4. The van der Waals surface area contributed by atoms with E-state index in [0.29, 0.717) is 6.42 Å². The third-order valence-electron chi connectivity index (χ3n) is 3.96. The van der Waals surface area contributed by atoms with E-state index >= 15 is 0 Å². The molecule has 0 saturated carbocycles. The number of rotatable bonds is 7. The fourth-order valence-electron chi connectivity index (χ4n) is 2.76. The Morgan fingerprint density at radius 3 is 2.45 bits per heavy atom. The van der Waals surface area contributed by atoms with Crippen LogP contribution in [0.15, 0.2) is 30.3 Å². The van der Waals surface area contributed by atoms with Crippen LogP contribution in [0.2, 0.25) is 0 Å². The molecule has 1 aromatic rings. The number of carbonyl (C=O) groups is 2. The van der Waals surface area contributed by atoms with Gasteiger partial charge in [-0.1, -0.05) is 36.8 Å². The minimum absolute atomic E-state index is 0.0123. The van der Waals surface area contributed by atoms with Crippen molar-refractivity contribution in [1.29, 1.82) is 0 Å². The van der Waals surface area contributed by atoms with E-state index in [-0.39, 0.29) is 19.0 Å². The number of aliphatic carboxylic acids is 1. The van der Waals surface area contributed by atoms with Crippen LogP contribution in [-0.2, 0) is 20.9 Å². The topological polar surface area (TPSA) is 66.8 Å². The summed E-state index contributed by atoms with van der Waals surface area (Å²) in [5.41, 5.74) is 0.937. The average Bonchev–Trinajstić information content (AvgIpc) is 2.55. The largest absolute Gasteiger partial charge is 0.481 e. The zero-order valence-corrected chi connectivity index (χ0v) is 12.7. The van der Waals surface area contributed by atoms with Gasteiger partial charge in [-0.2, -0.15) is 0 Å². The molecule has 1 heterocycles. The maximum atomic E-state index is 12.4. The first-order valence-corrected chi connectivity index (χ1v) is 7.83. The van der Waals surface area contributed by atoms with Crippen molar-refractivity contribution >= 4 is 11.9 Å². The van der Waals surface area contributed by atoms with Crippen LogP contribution in [0.4, 0.5) is 0 Å². The lowest BCUT2D eigenvalue weighted by molar-refractivity contribution is -0.152. The Kier molecular flexibility index (Phi) is 6.40. The fourth-order valence-corrected chi connectivity index (χ4v) is 2.76. The Morgan fingerprint density at radius 1 is 1.14 bits per heavy atom. The van der Waals surface area contributed by atoms with E-state index in [1.807, 2.05) is 30.3 Å². The summed E-state index contributed by atoms with van der Waals surface area (Å²) in [6.45, 7) is 1.91. The SMILES string of the molecule is O=C(O)CCC(C(=O)OCc1ccccc1)N1CCCCC1. The lowest BCUT2D eigenvalue weighted by atomic mass is 10.0. The predicted molar refractivity (Wildman–Crippen MR) is 82.3 cm³/mol. The van der Waals surface area contributed by atoms with Gasteiger partial charge >= 0.3 is 11.9 Å². The summed E-state index contributed by atoms with van der Waals surface area (Å²) in [6, 6.07) is 9.07. The molecular weight excluding hydrogens is 282 g/mol. The summed E-state index contributed by atoms with van der Waals surface area (Å²) in [6.07, 6.45) is 3.57. The number of benzene rings is 1. The summed E-state index contributed by atoms with van der Waals surface area (Å²) in [4.78, 5) is 25.3. The zero-order chi connectivity index (χ0) is 15.8. The first-order valence-electron chi connectivity index (χ1n) is 7.83. The summed E-state index contributed by atoms with van der Waals surface area (Å²) < 4.78 is 5.40. The first-order chi connectivity index (χ1) is 10.7. The molecule has 1 aliphatic heterocycles. The van der Waals surface area contributed by atoms with Crippen molar-refractivity contribution in [3.05, 3.63) is 35.9 Å². The van der Waals surface area contributed by atoms with Gasteiger partial charge in [0.25, 0.3) is 0 Å². The lowest BCUT2D eigenvalue weighted by Crippen LogP contribution is -2.45.